The maximum atomic E-state index is 12.2. The summed E-state index contributed by atoms with van der Waals surface area (Å²) in [5.41, 5.74) is 6.28. The number of hydrogen-bond donors (Lipinski definition) is 4. The zero-order valence-corrected chi connectivity index (χ0v) is 21.8. The lowest BCUT2D eigenvalue weighted by atomic mass is 10.1. The number of nitrogens with one attached hydrogen (secondary N) is 2. The van der Waals surface area contributed by atoms with Crippen LogP contribution in [-0.4, -0.2) is 76.0 Å². The van der Waals surface area contributed by atoms with Crippen LogP contribution in [0.5, 0.6) is 5.75 Å². The van der Waals surface area contributed by atoms with E-state index in [-0.39, 0.29) is 59.5 Å². The van der Waals surface area contributed by atoms with Crippen LogP contribution in [0.3, 0.4) is 0 Å². The first-order valence-electron chi connectivity index (χ1n) is 12.0. The number of amides is 2. The Bertz CT molecular complexity index is 1540. The maximum absolute atomic E-state index is 12.2. The lowest BCUT2D eigenvalue weighted by Crippen LogP contribution is -2.30. The fraction of sp³-hybridized carbons (Fsp3) is 0.391. The molecule has 2 aromatic heterocycles. The second-order valence-corrected chi connectivity index (χ2v) is 11.3. The predicted octanol–water partition coefficient (Wildman–Crippen LogP) is 0.793. The number of nitrogens with zero attached hydrogens (tertiary/aromatic N) is 5. The molecule has 3 aromatic rings. The highest BCUT2D eigenvalue weighted by Crippen LogP contribution is 2.39. The van der Waals surface area contributed by atoms with Crippen molar-refractivity contribution in [3.05, 3.63) is 35.9 Å². The number of primary amides is 1. The van der Waals surface area contributed by atoms with Gasteiger partial charge in [-0.15, -0.1) is 10.2 Å². The van der Waals surface area contributed by atoms with Crippen LogP contribution in [0.15, 0.2) is 28.8 Å². The molecule has 1 aliphatic heterocycles. The molecule has 206 valence electrons. The van der Waals surface area contributed by atoms with E-state index in [0.717, 1.165) is 23.4 Å². The number of anilines is 3. The highest BCUT2D eigenvalue weighted by atomic mass is 32.2. The van der Waals surface area contributed by atoms with Gasteiger partial charge in [-0.2, -0.15) is 9.29 Å². The number of nitrogens with two attached hydrogens (primary N) is 1. The van der Waals surface area contributed by atoms with Crippen molar-refractivity contribution in [2.75, 3.05) is 30.5 Å². The van der Waals surface area contributed by atoms with Crippen molar-refractivity contribution in [1.82, 2.24) is 24.6 Å². The van der Waals surface area contributed by atoms with E-state index in [0.29, 0.717) is 11.3 Å². The third kappa shape index (κ3) is 5.52. The molecule has 1 aliphatic carbocycles. The molecule has 3 heterocycles. The van der Waals surface area contributed by atoms with E-state index in [4.69, 9.17) is 15.0 Å². The van der Waals surface area contributed by atoms with E-state index in [9.17, 15) is 23.1 Å². The van der Waals surface area contributed by atoms with E-state index in [1.807, 2.05) is 0 Å². The number of aliphatic hydroxyl groups excluding tert-OH is 1. The maximum Gasteiger partial charge on any atom is 0.271 e. The van der Waals surface area contributed by atoms with Crippen LogP contribution in [0.25, 0.3) is 11.4 Å². The molecule has 15 nitrogen and oxygen atoms in total. The molecule has 0 bridgehead atoms. The van der Waals surface area contributed by atoms with Gasteiger partial charge in [-0.3, -0.25) is 9.59 Å². The topological polar surface area (TPSA) is 216 Å². The largest absolute Gasteiger partial charge is 0.494 e. The van der Waals surface area contributed by atoms with Gasteiger partial charge in [0.05, 0.1) is 36.4 Å². The minimum atomic E-state index is -3.63. The molecule has 0 radical (unpaired) electrons. The Morgan fingerprint density at radius 1 is 1.23 bits per heavy atom. The van der Waals surface area contributed by atoms with Gasteiger partial charge in [-0.25, -0.2) is 8.42 Å². The number of para-hydroxylation sites is 1. The number of benzene rings is 1. The van der Waals surface area contributed by atoms with Crippen LogP contribution in [-0.2, 0) is 14.8 Å². The van der Waals surface area contributed by atoms with E-state index in [1.165, 1.54) is 13.2 Å². The molecule has 1 aromatic carbocycles. The average Bonchev–Trinajstić information content (AvgIpc) is 3.48. The van der Waals surface area contributed by atoms with Crippen LogP contribution < -0.4 is 21.1 Å². The molecule has 39 heavy (non-hydrogen) atoms. The highest BCUT2D eigenvalue weighted by Gasteiger charge is 2.41. The molecule has 2 amide bonds. The monoisotopic (exact) mass is 558 g/mol. The number of rotatable bonds is 9. The summed E-state index contributed by atoms with van der Waals surface area (Å²) in [6.07, 6.45) is 1.90. The van der Waals surface area contributed by atoms with Gasteiger partial charge in [0.15, 0.2) is 17.3 Å². The lowest BCUT2D eigenvalue weighted by molar-refractivity contribution is -0.117. The summed E-state index contributed by atoms with van der Waals surface area (Å²) >= 11 is 0. The summed E-state index contributed by atoms with van der Waals surface area (Å²) in [6.45, 7) is -0.0742. The van der Waals surface area contributed by atoms with Crippen molar-refractivity contribution in [2.45, 2.75) is 31.4 Å². The summed E-state index contributed by atoms with van der Waals surface area (Å²) in [5, 5.41) is 27.5. The van der Waals surface area contributed by atoms with Crippen molar-refractivity contribution < 1.29 is 32.4 Å². The molecule has 0 unspecified atom stereocenters. The molecular weight excluding hydrogens is 532 g/mol. The van der Waals surface area contributed by atoms with Gasteiger partial charge >= 0.3 is 0 Å². The Labute approximate surface area is 222 Å². The number of carbonyl (C=O) groups excluding carboxylic acids is 2. The molecule has 2 fully saturated rings. The summed E-state index contributed by atoms with van der Waals surface area (Å²) in [7, 11) is -2.21. The molecule has 5 N–H and O–H groups in total. The first kappa shape index (κ1) is 26.5. The van der Waals surface area contributed by atoms with Crippen molar-refractivity contribution >= 4 is 39.0 Å². The number of carbonyl (C=O) groups is 2. The van der Waals surface area contributed by atoms with E-state index in [1.54, 1.807) is 18.2 Å². The summed E-state index contributed by atoms with van der Waals surface area (Å²) in [5.74, 6) is -0.527. The fourth-order valence-corrected chi connectivity index (χ4v) is 5.42. The molecule has 2 aliphatic rings. The van der Waals surface area contributed by atoms with Gasteiger partial charge in [-0.05, 0) is 25.0 Å². The van der Waals surface area contributed by atoms with Gasteiger partial charge < -0.3 is 30.7 Å². The smallest absolute Gasteiger partial charge is 0.271 e. The molecule has 5 rings (SSSR count). The van der Waals surface area contributed by atoms with Gasteiger partial charge in [0, 0.05) is 24.9 Å². The number of sulfonamides is 1. The van der Waals surface area contributed by atoms with Gasteiger partial charge in [0.25, 0.3) is 5.91 Å². The fourth-order valence-electron chi connectivity index (χ4n) is 4.34. The van der Waals surface area contributed by atoms with Crippen LogP contribution in [0, 0.1) is 5.92 Å². The minimum Gasteiger partial charge on any atom is -0.494 e. The zero-order chi connectivity index (χ0) is 27.9. The second-order valence-electron chi connectivity index (χ2n) is 9.33. The Morgan fingerprint density at radius 2 is 2.00 bits per heavy atom. The van der Waals surface area contributed by atoms with Crippen molar-refractivity contribution in [3.63, 3.8) is 0 Å². The average molecular weight is 559 g/mol. The summed E-state index contributed by atoms with van der Waals surface area (Å²) in [4.78, 5) is 28.6. The van der Waals surface area contributed by atoms with Gasteiger partial charge in [0.1, 0.15) is 6.04 Å². The standard InChI is InChI=1S/C23H26N8O7S/c1-37-19-13(21-27-23(38-30-21)16-8-12(32)10-31(16)39(2,35)36)4-3-5-14(19)25-15-9-17(26-22(34)11-6-7-11)28-29-18(15)20(24)33/h3-5,9,11-12,16,32H,6-8,10H2,1-2H3,(H2,24,33)(H2,25,26,28,34)/t12-,16+/m1/s1. The molecule has 2 atom stereocenters. The Balaban J connectivity index is 1.46. The van der Waals surface area contributed by atoms with Crippen LogP contribution in [0.2, 0.25) is 0 Å². The van der Waals surface area contributed by atoms with Gasteiger partial charge in [0.2, 0.25) is 27.6 Å². The van der Waals surface area contributed by atoms with Crippen LogP contribution >= 0.6 is 0 Å². The number of methoxy groups -OCH3 is 1. The summed E-state index contributed by atoms with van der Waals surface area (Å²) < 4.78 is 36.5. The predicted molar refractivity (Wildman–Crippen MR) is 136 cm³/mol. The second kappa shape index (κ2) is 10.2. The summed E-state index contributed by atoms with van der Waals surface area (Å²) in [6, 6.07) is 5.63. The SMILES string of the molecule is COc1c(Nc2cc(NC(=O)C3CC3)nnc2C(N)=O)cccc1-c1noc([C@@H]2C[C@@H](O)CN2S(C)(=O)=O)n1. The first-order chi connectivity index (χ1) is 18.5. The van der Waals surface area contributed by atoms with Crippen LogP contribution in [0.4, 0.5) is 17.2 Å². The van der Waals surface area contributed by atoms with Crippen molar-refractivity contribution in [1.29, 1.82) is 0 Å². The van der Waals surface area contributed by atoms with Crippen molar-refractivity contribution in [2.24, 2.45) is 11.7 Å². The van der Waals surface area contributed by atoms with E-state index in [2.05, 4.69) is 31.0 Å². The molecule has 16 heteroatoms. The molecule has 0 spiro atoms. The molecule has 1 saturated carbocycles. The van der Waals surface area contributed by atoms with E-state index < -0.39 is 28.1 Å². The Hall–Kier alpha value is -4.15. The number of ether oxygens (including phenoxy) is 1. The first-order valence-corrected chi connectivity index (χ1v) is 13.8. The quantitative estimate of drug-likeness (QED) is 0.287. The normalized spacial score (nSPS) is 19.6. The zero-order valence-electron chi connectivity index (χ0n) is 21.0. The molecular formula is C23H26N8O7S. The number of aromatic nitrogens is 4. The number of aliphatic hydroxyl groups is 1. The Morgan fingerprint density at radius 3 is 2.67 bits per heavy atom. The van der Waals surface area contributed by atoms with Gasteiger partial charge in [-0.1, -0.05) is 11.2 Å². The highest BCUT2D eigenvalue weighted by molar-refractivity contribution is 7.88. The third-order valence-corrected chi connectivity index (χ3v) is 7.60. The van der Waals surface area contributed by atoms with Crippen LogP contribution in [0.1, 0.15) is 41.7 Å². The minimum absolute atomic E-state index is 0.0257. The Kier molecular flexibility index (Phi) is 6.92. The number of hydrogen-bond acceptors (Lipinski definition) is 12. The van der Waals surface area contributed by atoms with E-state index >= 15 is 0 Å². The third-order valence-electron chi connectivity index (χ3n) is 6.34. The molecule has 1 saturated heterocycles. The number of β-amino-alcohol motifs (C(OH)–C–C–N with tert-alkyl or cyclic N) is 1. The van der Waals surface area contributed by atoms with Crippen molar-refractivity contribution in [3.8, 4) is 17.1 Å². The lowest BCUT2D eigenvalue weighted by Gasteiger charge is -2.18.